The fourth-order valence-electron chi connectivity index (χ4n) is 4.49. The zero-order chi connectivity index (χ0) is 25.3. The van der Waals surface area contributed by atoms with Crippen molar-refractivity contribution in [3.05, 3.63) is 35.9 Å². The van der Waals surface area contributed by atoms with Crippen molar-refractivity contribution in [3.8, 4) is 0 Å². The number of nitrogens with one attached hydrogen (secondary N) is 1. The van der Waals surface area contributed by atoms with Gasteiger partial charge in [0, 0.05) is 27.7 Å². The molecule has 190 valence electrons. The molecule has 7 nitrogen and oxygen atoms in total. The standard InChI is InChI=1S/C27H44N4O3/c1-20(2)18-24-27(34)29(4)17-13-8-7-12-16-28-23(19-22-14-10-9-11-15-22)26(33)30(5)21(3)25(32)31(24)6/h9-11,14-15,20-21,23-24,28H,7-8,12-13,16-19H2,1-6H3/t21-,23+,24+/m1/s1. The molecule has 1 fully saturated rings. The van der Waals surface area contributed by atoms with Crippen LogP contribution < -0.4 is 5.32 Å². The normalized spacial score (nSPS) is 24.7. The van der Waals surface area contributed by atoms with Gasteiger partial charge in [0.1, 0.15) is 12.1 Å². The number of nitrogens with zero attached hydrogens (tertiary/aromatic N) is 3. The second kappa shape index (κ2) is 13.5. The van der Waals surface area contributed by atoms with Crippen LogP contribution in [0.4, 0.5) is 0 Å². The van der Waals surface area contributed by atoms with Gasteiger partial charge in [0.15, 0.2) is 0 Å². The maximum absolute atomic E-state index is 13.5. The van der Waals surface area contributed by atoms with Crippen molar-refractivity contribution < 1.29 is 14.4 Å². The highest BCUT2D eigenvalue weighted by atomic mass is 16.2. The van der Waals surface area contributed by atoms with E-state index in [1.165, 1.54) is 4.90 Å². The molecule has 0 aliphatic carbocycles. The second-order valence-corrected chi connectivity index (χ2v) is 10.1. The molecule has 0 saturated carbocycles. The van der Waals surface area contributed by atoms with Crippen LogP contribution in [0.1, 0.15) is 58.4 Å². The predicted molar refractivity (Wildman–Crippen MR) is 136 cm³/mol. The maximum atomic E-state index is 13.5. The van der Waals surface area contributed by atoms with Crippen LogP contribution in [0.15, 0.2) is 30.3 Å². The van der Waals surface area contributed by atoms with Crippen molar-refractivity contribution in [1.82, 2.24) is 20.0 Å². The van der Waals surface area contributed by atoms with Gasteiger partial charge in [0.2, 0.25) is 17.7 Å². The molecule has 0 aromatic heterocycles. The molecule has 1 heterocycles. The number of hydrogen-bond acceptors (Lipinski definition) is 4. The average molecular weight is 473 g/mol. The van der Waals surface area contributed by atoms with E-state index in [1.807, 2.05) is 37.4 Å². The van der Waals surface area contributed by atoms with Gasteiger partial charge in [-0.05, 0) is 50.6 Å². The van der Waals surface area contributed by atoms with Crippen molar-refractivity contribution in [3.63, 3.8) is 0 Å². The molecular weight excluding hydrogens is 428 g/mol. The van der Waals surface area contributed by atoms with Crippen LogP contribution in [0.3, 0.4) is 0 Å². The summed E-state index contributed by atoms with van der Waals surface area (Å²) in [5, 5.41) is 3.45. The van der Waals surface area contributed by atoms with Gasteiger partial charge in [-0.2, -0.15) is 0 Å². The molecule has 0 spiro atoms. The SMILES string of the molecule is CC(C)C[C@H]1C(=O)N(C)CCCCCCN[C@@H](Cc2ccccc2)C(=O)N(C)[C@H](C)C(=O)N1C. The summed E-state index contributed by atoms with van der Waals surface area (Å²) < 4.78 is 0. The third-order valence-corrected chi connectivity index (χ3v) is 6.85. The lowest BCUT2D eigenvalue weighted by molar-refractivity contribution is -0.150. The van der Waals surface area contributed by atoms with E-state index in [0.29, 0.717) is 19.4 Å². The summed E-state index contributed by atoms with van der Waals surface area (Å²) in [6.07, 6.45) is 5.12. The first-order chi connectivity index (χ1) is 16.1. The Morgan fingerprint density at radius 2 is 1.53 bits per heavy atom. The summed E-state index contributed by atoms with van der Waals surface area (Å²) in [5.41, 5.74) is 1.08. The van der Waals surface area contributed by atoms with Crippen LogP contribution in [0.25, 0.3) is 0 Å². The number of carbonyl (C=O) groups is 3. The molecule has 1 aromatic carbocycles. The zero-order valence-corrected chi connectivity index (χ0v) is 21.9. The van der Waals surface area contributed by atoms with E-state index in [0.717, 1.165) is 37.8 Å². The van der Waals surface area contributed by atoms with Crippen LogP contribution >= 0.6 is 0 Å². The molecule has 1 aliphatic rings. The van der Waals surface area contributed by atoms with E-state index in [4.69, 9.17) is 0 Å². The smallest absolute Gasteiger partial charge is 0.245 e. The molecule has 1 N–H and O–H groups in total. The summed E-state index contributed by atoms with van der Waals surface area (Å²) in [6.45, 7) is 7.30. The number of carbonyl (C=O) groups excluding carboxylic acids is 3. The van der Waals surface area contributed by atoms with Crippen LogP contribution in [0.2, 0.25) is 0 Å². The fraction of sp³-hybridized carbons (Fsp3) is 0.667. The van der Waals surface area contributed by atoms with Crippen molar-refractivity contribution in [2.24, 2.45) is 5.92 Å². The Morgan fingerprint density at radius 1 is 0.882 bits per heavy atom. The molecule has 1 saturated heterocycles. The van der Waals surface area contributed by atoms with Gasteiger partial charge < -0.3 is 20.0 Å². The third-order valence-electron chi connectivity index (χ3n) is 6.85. The van der Waals surface area contributed by atoms with Gasteiger partial charge in [0.05, 0.1) is 6.04 Å². The van der Waals surface area contributed by atoms with Gasteiger partial charge >= 0.3 is 0 Å². The van der Waals surface area contributed by atoms with Gasteiger partial charge in [-0.1, -0.05) is 57.0 Å². The predicted octanol–water partition coefficient (Wildman–Crippen LogP) is 2.94. The monoisotopic (exact) mass is 472 g/mol. The number of likely N-dealkylation sites (N-methyl/N-ethyl adjacent to an activating group) is 3. The highest BCUT2D eigenvalue weighted by Crippen LogP contribution is 2.17. The largest absolute Gasteiger partial charge is 0.344 e. The number of hydrogen-bond donors (Lipinski definition) is 1. The molecule has 1 aromatic rings. The van der Waals surface area contributed by atoms with E-state index in [-0.39, 0.29) is 23.6 Å². The van der Waals surface area contributed by atoms with Crippen LogP contribution in [0, 0.1) is 5.92 Å². The van der Waals surface area contributed by atoms with E-state index in [2.05, 4.69) is 19.2 Å². The highest BCUT2D eigenvalue weighted by molar-refractivity contribution is 5.92. The minimum Gasteiger partial charge on any atom is -0.344 e. The molecule has 3 atom stereocenters. The van der Waals surface area contributed by atoms with Crippen molar-refractivity contribution in [1.29, 1.82) is 0 Å². The minimum atomic E-state index is -0.668. The fourth-order valence-corrected chi connectivity index (χ4v) is 4.49. The summed E-state index contributed by atoms with van der Waals surface area (Å²) in [6, 6.07) is 8.36. The Bertz CT molecular complexity index is 798. The maximum Gasteiger partial charge on any atom is 0.245 e. The lowest BCUT2D eigenvalue weighted by Crippen LogP contribution is -2.57. The molecule has 0 bridgehead atoms. The van der Waals surface area contributed by atoms with Crippen molar-refractivity contribution in [2.75, 3.05) is 34.2 Å². The Hall–Kier alpha value is -2.41. The molecule has 34 heavy (non-hydrogen) atoms. The topological polar surface area (TPSA) is 73.0 Å². The van der Waals surface area contributed by atoms with E-state index in [1.54, 1.807) is 30.8 Å². The average Bonchev–Trinajstić information content (AvgIpc) is 2.83. The van der Waals surface area contributed by atoms with E-state index < -0.39 is 18.1 Å². The van der Waals surface area contributed by atoms with E-state index in [9.17, 15) is 14.4 Å². The Balaban J connectivity index is 2.29. The van der Waals surface area contributed by atoms with Crippen LogP contribution in [-0.2, 0) is 20.8 Å². The Labute approximate surface area is 205 Å². The van der Waals surface area contributed by atoms with Crippen molar-refractivity contribution in [2.45, 2.75) is 77.4 Å². The highest BCUT2D eigenvalue weighted by Gasteiger charge is 2.35. The summed E-state index contributed by atoms with van der Waals surface area (Å²) in [5.74, 6) is -0.0818. The lowest BCUT2D eigenvalue weighted by Gasteiger charge is -2.36. The molecule has 3 amide bonds. The molecule has 2 rings (SSSR count). The van der Waals surface area contributed by atoms with Crippen LogP contribution in [0.5, 0.6) is 0 Å². The van der Waals surface area contributed by atoms with Gasteiger partial charge in [0.25, 0.3) is 0 Å². The summed E-state index contributed by atoms with van der Waals surface area (Å²) >= 11 is 0. The van der Waals surface area contributed by atoms with Crippen molar-refractivity contribution >= 4 is 17.7 Å². The lowest BCUT2D eigenvalue weighted by atomic mass is 10.00. The zero-order valence-electron chi connectivity index (χ0n) is 21.9. The number of benzene rings is 1. The van der Waals surface area contributed by atoms with Gasteiger partial charge in [-0.15, -0.1) is 0 Å². The molecule has 0 radical (unpaired) electrons. The minimum absolute atomic E-state index is 0.0264. The number of amides is 3. The molecular formula is C27H44N4O3. The summed E-state index contributed by atoms with van der Waals surface area (Å²) in [4.78, 5) is 45.1. The summed E-state index contributed by atoms with van der Waals surface area (Å²) in [7, 11) is 5.21. The third kappa shape index (κ3) is 7.83. The number of rotatable bonds is 4. The van der Waals surface area contributed by atoms with Gasteiger partial charge in [-0.25, -0.2) is 0 Å². The van der Waals surface area contributed by atoms with Gasteiger partial charge in [-0.3, -0.25) is 14.4 Å². The van der Waals surface area contributed by atoms with Crippen LogP contribution in [-0.4, -0.2) is 84.8 Å². The second-order valence-electron chi connectivity index (χ2n) is 10.1. The Morgan fingerprint density at radius 3 is 2.18 bits per heavy atom. The first-order valence-corrected chi connectivity index (χ1v) is 12.7. The molecule has 7 heteroatoms. The van der Waals surface area contributed by atoms with E-state index >= 15 is 0 Å². The first-order valence-electron chi connectivity index (χ1n) is 12.7. The first kappa shape index (κ1) is 27.8. The quantitative estimate of drug-likeness (QED) is 0.731. The molecule has 1 aliphatic heterocycles. The Kier molecular flexibility index (Phi) is 11.0. The molecule has 0 unspecified atom stereocenters.